The molecule has 73 heavy (non-hydrogen) atoms. The Labute approximate surface area is 435 Å². The van der Waals surface area contributed by atoms with E-state index in [-0.39, 0.29) is 23.1 Å². The average molecular weight is 995 g/mol. The lowest BCUT2D eigenvalue weighted by Gasteiger charge is -2.25. The normalized spacial score (nSPS) is 18.1. The molecule has 0 aromatic heterocycles. The highest BCUT2D eigenvalue weighted by atomic mass is 16.3. The number of aliphatic hydroxyl groups excluding tert-OH is 1. The number of hydrogen-bond donors (Lipinski definition) is 6. The summed E-state index contributed by atoms with van der Waals surface area (Å²) < 4.78 is 0. The summed E-state index contributed by atoms with van der Waals surface area (Å²) in [6.45, 7) is 19.9. The summed E-state index contributed by atoms with van der Waals surface area (Å²) in [5.41, 5.74) is 18.2. The molecule has 1 fully saturated rings. The standard InChI is InChI=1S/2C22H26O2.C8H10O.C6H10O2.C6H8O.H2O/c2*1-13-10-21(23)15(3)8-19(13)17-6-5-7-18(12-17)20-9-16(4)22(24)11-14(20)2;1-6-3-4-7(2)8(9)5-6;7-5-2-1-3-6(8)4-5;7-6-4-2-1-3-5-6;/h2*8-12,17,23-24H,5-7H2,1-4H3;3-5,9H,1-2H3;5,7H,1-4H2;2,4H,1,3,5H2;1H2. The van der Waals surface area contributed by atoms with Gasteiger partial charge in [-0.2, -0.15) is 0 Å². The van der Waals surface area contributed by atoms with Gasteiger partial charge in [-0.15, -0.1) is 0 Å². The van der Waals surface area contributed by atoms with E-state index in [9.17, 15) is 30.0 Å². The first-order valence-corrected chi connectivity index (χ1v) is 25.9. The zero-order valence-electron chi connectivity index (χ0n) is 45.1. The number of Topliss-reactive ketones (excluding diaryl/α,β-unsaturated/α-hetero) is 1. The summed E-state index contributed by atoms with van der Waals surface area (Å²) in [6.07, 6.45) is 20.5. The van der Waals surface area contributed by atoms with E-state index in [0.717, 1.165) is 126 Å². The van der Waals surface area contributed by atoms with E-state index in [0.29, 0.717) is 53.4 Å². The first-order valence-electron chi connectivity index (χ1n) is 25.9. The number of hydrogen-bond acceptors (Lipinski definition) is 8. The molecule has 9 nitrogen and oxygen atoms in total. The van der Waals surface area contributed by atoms with Gasteiger partial charge in [0.05, 0.1) is 6.10 Å². The number of aliphatic hydroxyl groups is 1. The SMILES string of the molecule is Cc1cc(C2=CC(c3cc(C)c(O)cc3C)CCC2)c(C)cc1O.Cc1cc(C2=CC(c3cc(C)c(O)cc3C)CCC2)c(C)cc1O.Cc1ccc(C)c(O)c1.O.O=C1C=CCCC1.O=C1CCCC(O)C1. The number of allylic oxidation sites excluding steroid dienone is 6. The van der Waals surface area contributed by atoms with Gasteiger partial charge < -0.3 is 36.1 Å². The number of rotatable bonds is 4. The van der Waals surface area contributed by atoms with Crippen LogP contribution in [0.1, 0.15) is 173 Å². The number of carbonyl (C=O) groups excluding carboxylic acids is 2. The zero-order chi connectivity index (χ0) is 52.8. The van der Waals surface area contributed by atoms with Crippen LogP contribution in [0.25, 0.3) is 11.1 Å². The molecule has 3 unspecified atom stereocenters. The molecule has 8 N–H and O–H groups in total. The van der Waals surface area contributed by atoms with Gasteiger partial charge in [-0.1, -0.05) is 42.5 Å². The lowest BCUT2D eigenvalue weighted by Crippen LogP contribution is -2.18. The molecule has 0 saturated heterocycles. The van der Waals surface area contributed by atoms with Crippen LogP contribution in [-0.2, 0) is 9.59 Å². The highest BCUT2D eigenvalue weighted by Gasteiger charge is 2.22. The number of aryl methyl sites for hydroxylation is 10. The Balaban J connectivity index is 0.000000218. The van der Waals surface area contributed by atoms with Gasteiger partial charge in [-0.05, 0) is 271 Å². The van der Waals surface area contributed by atoms with Gasteiger partial charge in [0.1, 0.15) is 34.5 Å². The Morgan fingerprint density at radius 3 is 1.22 bits per heavy atom. The number of phenols is 5. The topological polar surface area (TPSA) is 187 Å². The molecule has 5 aromatic carbocycles. The molecule has 5 aromatic rings. The highest BCUT2D eigenvalue weighted by Crippen LogP contribution is 2.42. The van der Waals surface area contributed by atoms with Gasteiger partial charge >= 0.3 is 0 Å². The lowest BCUT2D eigenvalue weighted by atomic mass is 9.80. The van der Waals surface area contributed by atoms with Gasteiger partial charge in [0.15, 0.2) is 5.78 Å². The third-order valence-electron chi connectivity index (χ3n) is 14.4. The van der Waals surface area contributed by atoms with Gasteiger partial charge in [-0.3, -0.25) is 9.59 Å². The summed E-state index contributed by atoms with van der Waals surface area (Å²) >= 11 is 0. The van der Waals surface area contributed by atoms with Crippen molar-refractivity contribution in [2.45, 2.75) is 171 Å². The van der Waals surface area contributed by atoms with E-state index in [1.165, 1.54) is 33.4 Å². The molecular formula is C64H82O9. The molecule has 4 aliphatic carbocycles. The Morgan fingerprint density at radius 1 is 0.438 bits per heavy atom. The molecule has 9 heteroatoms. The van der Waals surface area contributed by atoms with Gasteiger partial charge in [0, 0.05) is 31.1 Å². The Bertz CT molecular complexity index is 2670. The Hall–Kier alpha value is -6.42. The van der Waals surface area contributed by atoms with E-state index in [1.54, 1.807) is 12.1 Å². The zero-order valence-corrected chi connectivity index (χ0v) is 45.1. The molecule has 0 amide bonds. The molecule has 0 aliphatic heterocycles. The van der Waals surface area contributed by atoms with Crippen LogP contribution in [-0.4, -0.2) is 53.8 Å². The predicted octanol–water partition coefficient (Wildman–Crippen LogP) is 14.3. The fourth-order valence-electron chi connectivity index (χ4n) is 9.94. The number of carbonyl (C=O) groups is 2. The first-order chi connectivity index (χ1) is 34.1. The summed E-state index contributed by atoms with van der Waals surface area (Å²) in [6, 6.07) is 21.6. The summed E-state index contributed by atoms with van der Waals surface area (Å²) in [5, 5.41) is 57.6. The molecule has 0 spiro atoms. The number of aromatic hydroxyl groups is 5. The quantitative estimate of drug-likeness (QED) is 0.103. The third-order valence-corrected chi connectivity index (χ3v) is 14.4. The van der Waals surface area contributed by atoms with E-state index in [1.807, 2.05) is 84.0 Å². The predicted molar refractivity (Wildman–Crippen MR) is 298 cm³/mol. The summed E-state index contributed by atoms with van der Waals surface area (Å²) in [4.78, 5) is 20.9. The van der Waals surface area contributed by atoms with Crippen molar-refractivity contribution in [2.24, 2.45) is 0 Å². The average Bonchev–Trinajstić information content (AvgIpc) is 3.33. The van der Waals surface area contributed by atoms with E-state index < -0.39 is 0 Å². The summed E-state index contributed by atoms with van der Waals surface area (Å²) in [5.74, 6) is 3.15. The van der Waals surface area contributed by atoms with Crippen molar-refractivity contribution in [3.05, 3.63) is 169 Å². The first kappa shape index (κ1) is 59.1. The second-order valence-electron chi connectivity index (χ2n) is 20.6. The molecule has 1 saturated carbocycles. The smallest absolute Gasteiger partial charge is 0.155 e. The van der Waals surface area contributed by atoms with Crippen LogP contribution in [0.4, 0.5) is 0 Å². The molecule has 9 rings (SSSR count). The van der Waals surface area contributed by atoms with E-state index in [2.05, 4.69) is 64.1 Å². The van der Waals surface area contributed by atoms with Crippen LogP contribution < -0.4 is 0 Å². The van der Waals surface area contributed by atoms with Gasteiger partial charge in [0.2, 0.25) is 0 Å². The van der Waals surface area contributed by atoms with Crippen molar-refractivity contribution >= 4 is 22.7 Å². The summed E-state index contributed by atoms with van der Waals surface area (Å²) in [7, 11) is 0. The molecular weight excluding hydrogens is 913 g/mol. The largest absolute Gasteiger partial charge is 0.508 e. The fourth-order valence-corrected chi connectivity index (χ4v) is 9.94. The molecule has 392 valence electrons. The minimum atomic E-state index is -0.337. The maximum Gasteiger partial charge on any atom is 0.155 e. The minimum Gasteiger partial charge on any atom is -0.508 e. The van der Waals surface area contributed by atoms with E-state index >= 15 is 0 Å². The van der Waals surface area contributed by atoms with Crippen LogP contribution in [0.3, 0.4) is 0 Å². The lowest BCUT2D eigenvalue weighted by molar-refractivity contribution is -0.123. The fraction of sp³-hybridized carbons (Fsp3) is 0.406. The molecule has 0 heterocycles. The molecule has 0 bridgehead atoms. The maximum absolute atomic E-state index is 10.5. The van der Waals surface area contributed by atoms with Crippen LogP contribution >= 0.6 is 0 Å². The maximum atomic E-state index is 10.5. The van der Waals surface area contributed by atoms with Crippen LogP contribution in [0.2, 0.25) is 0 Å². The second kappa shape index (κ2) is 27.6. The van der Waals surface area contributed by atoms with Crippen molar-refractivity contribution in [2.75, 3.05) is 0 Å². The van der Waals surface area contributed by atoms with Crippen molar-refractivity contribution in [1.82, 2.24) is 0 Å². The number of phenolic OH excluding ortho intramolecular Hbond substituents is 5. The highest BCUT2D eigenvalue weighted by molar-refractivity contribution is 5.90. The monoisotopic (exact) mass is 995 g/mol. The van der Waals surface area contributed by atoms with Crippen LogP contribution in [0.15, 0.2) is 91.0 Å². The Morgan fingerprint density at radius 2 is 0.863 bits per heavy atom. The number of benzene rings is 5. The van der Waals surface area contributed by atoms with E-state index in [4.69, 9.17) is 10.2 Å². The molecule has 4 aliphatic rings. The van der Waals surface area contributed by atoms with Gasteiger partial charge in [0.25, 0.3) is 0 Å². The molecule has 0 radical (unpaired) electrons. The van der Waals surface area contributed by atoms with Crippen molar-refractivity contribution < 1.29 is 45.7 Å². The van der Waals surface area contributed by atoms with Crippen molar-refractivity contribution in [3.8, 4) is 28.7 Å². The number of ketones is 2. The minimum absolute atomic E-state index is 0. The van der Waals surface area contributed by atoms with Crippen molar-refractivity contribution in [1.29, 1.82) is 0 Å². The van der Waals surface area contributed by atoms with Crippen molar-refractivity contribution in [3.63, 3.8) is 0 Å². The van der Waals surface area contributed by atoms with Gasteiger partial charge in [-0.25, -0.2) is 0 Å². The third kappa shape index (κ3) is 17.1. The Kier molecular flexibility index (Phi) is 22.3. The second-order valence-corrected chi connectivity index (χ2v) is 20.6. The molecule has 3 atom stereocenters. The van der Waals surface area contributed by atoms with Crippen LogP contribution in [0, 0.1) is 69.2 Å². The van der Waals surface area contributed by atoms with Crippen LogP contribution in [0.5, 0.6) is 28.7 Å².